The van der Waals surface area contributed by atoms with Crippen molar-refractivity contribution in [3.8, 4) is 0 Å². The molecule has 1 amide bonds. The standard InChI is InChI=1S/C22H25ClN4O2/c23-21-6-5-16(14-26-21)18(19-15-25-20-4-2-1-3-17(19)20)13-22(28)24-7-8-27-9-11-29-12-10-27/h1-6,14-15,18,25H,7-13H2,(H,24,28)/t18-/m1/s1. The van der Waals surface area contributed by atoms with Gasteiger partial charge in [0.25, 0.3) is 0 Å². The second kappa shape index (κ2) is 9.39. The van der Waals surface area contributed by atoms with Gasteiger partial charge in [0, 0.05) is 61.8 Å². The second-order valence-corrected chi connectivity index (χ2v) is 7.65. The first-order valence-electron chi connectivity index (χ1n) is 9.95. The minimum absolute atomic E-state index is 0.0310. The van der Waals surface area contributed by atoms with Crippen LogP contribution in [0.25, 0.3) is 10.9 Å². The molecule has 29 heavy (non-hydrogen) atoms. The molecular formula is C22H25ClN4O2. The zero-order chi connectivity index (χ0) is 20.1. The van der Waals surface area contributed by atoms with E-state index in [2.05, 4.69) is 26.3 Å². The summed E-state index contributed by atoms with van der Waals surface area (Å²) < 4.78 is 5.37. The summed E-state index contributed by atoms with van der Waals surface area (Å²) in [6, 6.07) is 11.9. The number of H-pyrrole nitrogens is 1. The molecule has 0 radical (unpaired) electrons. The first-order chi connectivity index (χ1) is 14.2. The molecule has 4 rings (SSSR count). The molecule has 1 aromatic carbocycles. The molecule has 1 aliphatic heterocycles. The molecule has 0 unspecified atom stereocenters. The fraction of sp³-hybridized carbons (Fsp3) is 0.364. The summed E-state index contributed by atoms with van der Waals surface area (Å²) in [4.78, 5) is 22.6. The van der Waals surface area contributed by atoms with E-state index in [1.807, 2.05) is 30.5 Å². The minimum atomic E-state index is -0.0979. The van der Waals surface area contributed by atoms with E-state index in [0.717, 1.165) is 54.9 Å². The Morgan fingerprint density at radius 1 is 1.24 bits per heavy atom. The number of hydrogen-bond acceptors (Lipinski definition) is 4. The van der Waals surface area contributed by atoms with Gasteiger partial charge in [0.15, 0.2) is 0 Å². The Labute approximate surface area is 175 Å². The number of ether oxygens (including phenoxy) is 1. The molecule has 0 aliphatic carbocycles. The number of morpholine rings is 1. The summed E-state index contributed by atoms with van der Waals surface area (Å²) in [6.45, 7) is 4.85. The summed E-state index contributed by atoms with van der Waals surface area (Å²) in [5, 5.41) is 4.64. The van der Waals surface area contributed by atoms with Crippen LogP contribution in [0.1, 0.15) is 23.5 Å². The average Bonchev–Trinajstić information content (AvgIpc) is 3.17. The number of nitrogens with one attached hydrogen (secondary N) is 2. The van der Waals surface area contributed by atoms with Crippen LogP contribution >= 0.6 is 11.6 Å². The first-order valence-corrected chi connectivity index (χ1v) is 10.3. The maximum atomic E-state index is 12.8. The Kier molecular flexibility index (Phi) is 6.44. The Bertz CT molecular complexity index is 951. The zero-order valence-corrected chi connectivity index (χ0v) is 17.0. The molecule has 3 heterocycles. The van der Waals surface area contributed by atoms with Gasteiger partial charge in [-0.3, -0.25) is 9.69 Å². The Morgan fingerprint density at radius 2 is 2.07 bits per heavy atom. The van der Waals surface area contributed by atoms with Crippen LogP contribution < -0.4 is 5.32 Å². The minimum Gasteiger partial charge on any atom is -0.379 e. The van der Waals surface area contributed by atoms with Gasteiger partial charge >= 0.3 is 0 Å². The summed E-state index contributed by atoms with van der Waals surface area (Å²) >= 11 is 5.97. The molecule has 3 aromatic rings. The number of benzene rings is 1. The van der Waals surface area contributed by atoms with E-state index in [9.17, 15) is 4.79 Å². The number of amides is 1. The lowest BCUT2D eigenvalue weighted by molar-refractivity contribution is -0.121. The number of rotatable bonds is 7. The number of halogens is 1. The number of para-hydroxylation sites is 1. The monoisotopic (exact) mass is 412 g/mol. The van der Waals surface area contributed by atoms with Gasteiger partial charge in [-0.1, -0.05) is 35.9 Å². The van der Waals surface area contributed by atoms with Crippen LogP contribution in [0.5, 0.6) is 0 Å². The van der Waals surface area contributed by atoms with Gasteiger partial charge in [0.2, 0.25) is 5.91 Å². The number of carbonyl (C=O) groups excluding carboxylic acids is 1. The molecule has 1 aliphatic rings. The largest absolute Gasteiger partial charge is 0.379 e. The molecule has 7 heteroatoms. The van der Waals surface area contributed by atoms with Crippen molar-refractivity contribution >= 4 is 28.4 Å². The summed E-state index contributed by atoms with van der Waals surface area (Å²) in [6.07, 6.45) is 4.11. The van der Waals surface area contributed by atoms with Gasteiger partial charge in [0.05, 0.1) is 13.2 Å². The third kappa shape index (κ3) is 4.96. The summed E-state index contributed by atoms with van der Waals surface area (Å²) in [7, 11) is 0. The molecule has 6 nitrogen and oxygen atoms in total. The van der Waals surface area contributed by atoms with Crippen molar-refractivity contribution in [3.05, 3.63) is 65.1 Å². The molecule has 1 fully saturated rings. The highest BCUT2D eigenvalue weighted by Gasteiger charge is 2.22. The van der Waals surface area contributed by atoms with Crippen LogP contribution in [-0.4, -0.2) is 60.2 Å². The predicted molar refractivity (Wildman–Crippen MR) is 114 cm³/mol. The zero-order valence-electron chi connectivity index (χ0n) is 16.2. The maximum Gasteiger partial charge on any atom is 0.220 e. The van der Waals surface area contributed by atoms with Crippen LogP contribution in [-0.2, 0) is 9.53 Å². The number of carbonyl (C=O) groups is 1. The van der Waals surface area contributed by atoms with E-state index in [1.165, 1.54) is 0 Å². The molecule has 1 atom stereocenters. The van der Waals surface area contributed by atoms with E-state index in [-0.39, 0.29) is 11.8 Å². The van der Waals surface area contributed by atoms with E-state index in [0.29, 0.717) is 18.1 Å². The van der Waals surface area contributed by atoms with Gasteiger partial charge in [-0.2, -0.15) is 0 Å². The summed E-state index contributed by atoms with van der Waals surface area (Å²) in [5.41, 5.74) is 3.12. The van der Waals surface area contributed by atoms with Crippen molar-refractivity contribution < 1.29 is 9.53 Å². The fourth-order valence-corrected chi connectivity index (χ4v) is 3.93. The van der Waals surface area contributed by atoms with Gasteiger partial charge in [-0.25, -0.2) is 4.98 Å². The van der Waals surface area contributed by atoms with E-state index < -0.39 is 0 Å². The highest BCUT2D eigenvalue weighted by atomic mass is 35.5. The van der Waals surface area contributed by atoms with Gasteiger partial charge in [-0.05, 0) is 23.3 Å². The smallest absolute Gasteiger partial charge is 0.220 e. The second-order valence-electron chi connectivity index (χ2n) is 7.26. The molecule has 152 valence electrons. The number of fused-ring (bicyclic) bond motifs is 1. The lowest BCUT2D eigenvalue weighted by Crippen LogP contribution is -2.41. The third-order valence-electron chi connectivity index (χ3n) is 5.39. The van der Waals surface area contributed by atoms with Crippen molar-refractivity contribution in [1.29, 1.82) is 0 Å². The van der Waals surface area contributed by atoms with Gasteiger partial charge in [0.1, 0.15) is 5.15 Å². The lowest BCUT2D eigenvalue weighted by atomic mass is 9.89. The highest BCUT2D eigenvalue weighted by molar-refractivity contribution is 6.29. The number of nitrogens with zero attached hydrogens (tertiary/aromatic N) is 2. The molecule has 2 aromatic heterocycles. The summed E-state index contributed by atoms with van der Waals surface area (Å²) in [5.74, 6) is -0.0669. The number of aromatic nitrogens is 2. The quantitative estimate of drug-likeness (QED) is 0.585. The maximum absolute atomic E-state index is 12.8. The van der Waals surface area contributed by atoms with Crippen molar-refractivity contribution in [3.63, 3.8) is 0 Å². The average molecular weight is 413 g/mol. The third-order valence-corrected chi connectivity index (χ3v) is 5.62. The van der Waals surface area contributed by atoms with Crippen LogP contribution in [0.3, 0.4) is 0 Å². The molecule has 0 spiro atoms. The van der Waals surface area contributed by atoms with Crippen LogP contribution in [0.4, 0.5) is 0 Å². The van der Waals surface area contributed by atoms with Crippen LogP contribution in [0, 0.1) is 0 Å². The number of aromatic amines is 1. The Morgan fingerprint density at radius 3 is 2.86 bits per heavy atom. The Balaban J connectivity index is 1.48. The van der Waals surface area contributed by atoms with Gasteiger partial charge in [-0.15, -0.1) is 0 Å². The van der Waals surface area contributed by atoms with E-state index in [4.69, 9.17) is 16.3 Å². The van der Waals surface area contributed by atoms with E-state index >= 15 is 0 Å². The lowest BCUT2D eigenvalue weighted by Gasteiger charge is -2.26. The Hall–Kier alpha value is -2.41. The molecule has 1 saturated heterocycles. The SMILES string of the molecule is O=C(C[C@H](c1ccc(Cl)nc1)c1c[nH]c2ccccc12)NCCN1CCOCC1. The normalized spacial score (nSPS) is 16.0. The van der Waals surface area contributed by atoms with Crippen molar-refractivity contribution in [2.24, 2.45) is 0 Å². The number of hydrogen-bond donors (Lipinski definition) is 2. The molecule has 0 bridgehead atoms. The van der Waals surface area contributed by atoms with Crippen molar-refractivity contribution in [2.75, 3.05) is 39.4 Å². The predicted octanol–water partition coefficient (Wildman–Crippen LogP) is 3.19. The molecule has 2 N–H and O–H groups in total. The van der Waals surface area contributed by atoms with Crippen molar-refractivity contribution in [2.45, 2.75) is 12.3 Å². The topological polar surface area (TPSA) is 70.2 Å². The van der Waals surface area contributed by atoms with E-state index in [1.54, 1.807) is 12.3 Å². The van der Waals surface area contributed by atoms with Crippen LogP contribution in [0.15, 0.2) is 48.8 Å². The molecule has 0 saturated carbocycles. The number of pyridine rings is 1. The van der Waals surface area contributed by atoms with Gasteiger partial charge < -0.3 is 15.0 Å². The first kappa shape index (κ1) is 19.9. The van der Waals surface area contributed by atoms with Crippen LogP contribution in [0.2, 0.25) is 5.15 Å². The fourth-order valence-electron chi connectivity index (χ4n) is 3.82. The molecular weight excluding hydrogens is 388 g/mol. The highest BCUT2D eigenvalue weighted by Crippen LogP contribution is 2.33. The van der Waals surface area contributed by atoms with Crippen molar-refractivity contribution in [1.82, 2.24) is 20.2 Å².